The first-order valence-electron chi connectivity index (χ1n) is 6.63. The van der Waals surface area contributed by atoms with Crippen LogP contribution in [0.25, 0.3) is 0 Å². The second-order valence-corrected chi connectivity index (χ2v) is 5.66. The summed E-state index contributed by atoms with van der Waals surface area (Å²) in [6.45, 7) is 3.95. The van der Waals surface area contributed by atoms with Crippen molar-refractivity contribution >= 4 is 11.9 Å². The first-order valence-corrected chi connectivity index (χ1v) is 6.63. The van der Waals surface area contributed by atoms with Crippen LogP contribution in [0, 0.1) is 29.1 Å². The van der Waals surface area contributed by atoms with Crippen molar-refractivity contribution in [2.75, 3.05) is 14.2 Å². The van der Waals surface area contributed by atoms with Gasteiger partial charge in [0.1, 0.15) is 0 Å². The number of methoxy groups -OCH3 is 2. The number of esters is 2. The average Bonchev–Trinajstić information content (AvgIpc) is 2.86. The fraction of sp³-hybridized carbons (Fsp3) is 0.600. The Labute approximate surface area is 112 Å². The second kappa shape index (κ2) is 3.95. The van der Waals surface area contributed by atoms with Crippen molar-refractivity contribution in [3.8, 4) is 0 Å². The highest BCUT2D eigenvalue weighted by molar-refractivity contribution is 5.97. The number of fused-ring (bicyclic) bond motifs is 1. The predicted molar refractivity (Wildman–Crippen MR) is 67.9 cm³/mol. The molecule has 0 aliphatic heterocycles. The molecule has 102 valence electrons. The van der Waals surface area contributed by atoms with Crippen LogP contribution in [-0.2, 0) is 19.1 Å². The normalized spacial score (nSPS) is 41.9. The van der Waals surface area contributed by atoms with Crippen LogP contribution >= 0.6 is 0 Å². The van der Waals surface area contributed by atoms with Gasteiger partial charge in [0.25, 0.3) is 0 Å². The lowest BCUT2D eigenvalue weighted by molar-refractivity contribution is -0.140. The van der Waals surface area contributed by atoms with Crippen molar-refractivity contribution in [2.24, 2.45) is 29.1 Å². The minimum atomic E-state index is -0.493. The van der Waals surface area contributed by atoms with Gasteiger partial charge in [-0.25, -0.2) is 9.59 Å². The Morgan fingerprint density at radius 2 is 1.89 bits per heavy atom. The predicted octanol–water partition coefficient (Wildman–Crippen LogP) is 1.72. The second-order valence-electron chi connectivity index (χ2n) is 5.66. The van der Waals surface area contributed by atoms with Gasteiger partial charge in [-0.1, -0.05) is 6.08 Å². The highest BCUT2D eigenvalue weighted by Gasteiger charge is 2.82. The summed E-state index contributed by atoms with van der Waals surface area (Å²) in [7, 11) is 2.66. The largest absolute Gasteiger partial charge is 0.466 e. The number of ether oxygens (including phenoxy) is 2. The van der Waals surface area contributed by atoms with Crippen LogP contribution in [0.4, 0.5) is 0 Å². The molecular formula is C15H18O4. The average molecular weight is 262 g/mol. The Hall–Kier alpha value is -1.58. The lowest BCUT2D eigenvalue weighted by Crippen LogP contribution is -2.40. The summed E-state index contributed by atoms with van der Waals surface area (Å²) in [6, 6.07) is 0. The molecule has 0 radical (unpaired) electrons. The van der Waals surface area contributed by atoms with E-state index in [4.69, 9.17) is 4.74 Å². The van der Waals surface area contributed by atoms with E-state index in [9.17, 15) is 9.59 Å². The molecule has 3 aliphatic carbocycles. The maximum absolute atomic E-state index is 11.9. The van der Waals surface area contributed by atoms with Crippen molar-refractivity contribution in [2.45, 2.75) is 12.8 Å². The molecule has 3 saturated carbocycles. The van der Waals surface area contributed by atoms with Gasteiger partial charge in [-0.15, -0.1) is 6.58 Å². The van der Waals surface area contributed by atoms with Crippen molar-refractivity contribution in [3.63, 3.8) is 0 Å². The van der Waals surface area contributed by atoms with Crippen LogP contribution < -0.4 is 0 Å². The topological polar surface area (TPSA) is 52.6 Å². The van der Waals surface area contributed by atoms with Gasteiger partial charge in [0, 0.05) is 11.6 Å². The van der Waals surface area contributed by atoms with Gasteiger partial charge in [-0.05, 0) is 41.9 Å². The van der Waals surface area contributed by atoms with Crippen LogP contribution in [0.15, 0.2) is 24.3 Å². The quantitative estimate of drug-likeness (QED) is 0.440. The van der Waals surface area contributed by atoms with Gasteiger partial charge in [-0.2, -0.15) is 0 Å². The van der Waals surface area contributed by atoms with Gasteiger partial charge in [0.2, 0.25) is 0 Å². The van der Waals surface area contributed by atoms with Gasteiger partial charge in [0.05, 0.1) is 14.2 Å². The molecule has 0 saturated heterocycles. The van der Waals surface area contributed by atoms with Crippen molar-refractivity contribution in [1.29, 1.82) is 0 Å². The van der Waals surface area contributed by atoms with E-state index < -0.39 is 11.9 Å². The van der Waals surface area contributed by atoms with Crippen LogP contribution in [0.1, 0.15) is 12.8 Å². The summed E-state index contributed by atoms with van der Waals surface area (Å²) in [4.78, 5) is 23.3. The molecule has 0 amide bonds. The molecule has 3 aliphatic rings. The van der Waals surface area contributed by atoms with Gasteiger partial charge < -0.3 is 9.47 Å². The van der Waals surface area contributed by atoms with Crippen molar-refractivity contribution < 1.29 is 19.1 Å². The third-order valence-electron chi connectivity index (χ3n) is 5.40. The van der Waals surface area contributed by atoms with Crippen LogP contribution in [0.3, 0.4) is 0 Å². The zero-order valence-electron chi connectivity index (χ0n) is 11.2. The molecule has 3 fully saturated rings. The lowest BCUT2D eigenvalue weighted by atomic mass is 9.60. The Morgan fingerprint density at radius 3 is 2.37 bits per heavy atom. The smallest absolute Gasteiger partial charge is 0.334 e. The number of hydrogen-bond acceptors (Lipinski definition) is 4. The number of carbonyl (C=O) groups excluding carboxylic acids is 2. The first kappa shape index (κ1) is 12.5. The van der Waals surface area contributed by atoms with E-state index in [0.29, 0.717) is 23.3 Å². The summed E-state index contributed by atoms with van der Waals surface area (Å²) in [5.74, 6) is 0.793. The van der Waals surface area contributed by atoms with Crippen molar-refractivity contribution in [3.05, 3.63) is 24.3 Å². The SMILES string of the molecule is C=C[C@]12C3CC[C@H]1[C@@H](/C(=C/C(=O)OC)C(=O)OC)C32. The van der Waals surface area contributed by atoms with E-state index in [2.05, 4.69) is 17.4 Å². The summed E-state index contributed by atoms with van der Waals surface area (Å²) in [6.07, 6.45) is 5.68. The molecule has 4 heteroatoms. The maximum atomic E-state index is 11.9. The summed E-state index contributed by atoms with van der Waals surface area (Å²) in [5.41, 5.74) is 0.720. The zero-order valence-corrected chi connectivity index (χ0v) is 11.2. The zero-order chi connectivity index (χ0) is 13.8. The minimum Gasteiger partial charge on any atom is -0.466 e. The molecule has 19 heavy (non-hydrogen) atoms. The fourth-order valence-corrected chi connectivity index (χ4v) is 4.72. The molecule has 0 N–H and O–H groups in total. The Kier molecular flexibility index (Phi) is 2.59. The third kappa shape index (κ3) is 1.34. The molecule has 4 nitrogen and oxygen atoms in total. The molecule has 0 bridgehead atoms. The molecule has 0 spiro atoms. The number of allylic oxidation sites excluding steroid dienone is 1. The standard InChI is InChI=1S/C15H18O4/c1-4-15-9-5-6-10(15)13(15)12(9)8(14(17)19-3)7-11(16)18-2/h4,7,9-10,12-13H,1,5-6H2,2-3H3/b8-7-/t9-,10?,12+,13?,15+/m0/s1. The maximum Gasteiger partial charge on any atom is 0.334 e. The summed E-state index contributed by atoms with van der Waals surface area (Å²) < 4.78 is 9.45. The summed E-state index contributed by atoms with van der Waals surface area (Å²) in [5, 5.41) is 0. The van der Waals surface area contributed by atoms with Gasteiger partial charge in [0.15, 0.2) is 0 Å². The molecule has 2 unspecified atom stereocenters. The Bertz CT molecular complexity index is 492. The van der Waals surface area contributed by atoms with Crippen molar-refractivity contribution in [1.82, 2.24) is 0 Å². The van der Waals surface area contributed by atoms with Gasteiger partial charge >= 0.3 is 11.9 Å². The fourth-order valence-electron chi connectivity index (χ4n) is 4.72. The molecule has 0 aromatic rings. The molecular weight excluding hydrogens is 244 g/mol. The third-order valence-corrected chi connectivity index (χ3v) is 5.40. The van der Waals surface area contributed by atoms with Crippen LogP contribution in [0.5, 0.6) is 0 Å². The van der Waals surface area contributed by atoms with Gasteiger partial charge in [-0.3, -0.25) is 0 Å². The molecule has 0 aromatic carbocycles. The number of hydrogen-bond donors (Lipinski definition) is 0. The number of rotatable bonds is 4. The lowest BCUT2D eigenvalue weighted by Gasteiger charge is -2.43. The van der Waals surface area contributed by atoms with E-state index >= 15 is 0 Å². The van der Waals surface area contributed by atoms with Crippen LogP contribution in [-0.4, -0.2) is 26.2 Å². The van der Waals surface area contributed by atoms with E-state index in [1.807, 2.05) is 0 Å². The first-order chi connectivity index (χ1) is 9.11. The Balaban J connectivity index is 1.88. The highest BCUT2D eigenvalue weighted by Crippen LogP contribution is 2.86. The molecule has 0 aromatic heterocycles. The van der Waals surface area contributed by atoms with E-state index in [1.54, 1.807) is 0 Å². The monoisotopic (exact) mass is 262 g/mol. The highest BCUT2D eigenvalue weighted by atomic mass is 16.5. The van der Waals surface area contributed by atoms with E-state index in [0.717, 1.165) is 6.42 Å². The van der Waals surface area contributed by atoms with Crippen LogP contribution in [0.2, 0.25) is 0 Å². The minimum absolute atomic E-state index is 0.142. The van der Waals surface area contributed by atoms with E-state index in [1.165, 1.54) is 26.7 Å². The Morgan fingerprint density at radius 1 is 1.21 bits per heavy atom. The molecule has 0 heterocycles. The molecule has 5 atom stereocenters. The summed E-state index contributed by atoms with van der Waals surface area (Å²) >= 11 is 0. The number of carbonyl (C=O) groups is 2. The molecule has 3 rings (SSSR count). The van der Waals surface area contributed by atoms with E-state index in [-0.39, 0.29) is 11.3 Å².